The van der Waals surface area contributed by atoms with Crippen molar-refractivity contribution in [3.63, 3.8) is 0 Å². The summed E-state index contributed by atoms with van der Waals surface area (Å²) in [6, 6.07) is 5.47. The first-order valence-electron chi connectivity index (χ1n) is 9.41. The number of thiocarbonyl (C=S) groups is 1. The first-order chi connectivity index (χ1) is 14.2. The van der Waals surface area contributed by atoms with Crippen molar-refractivity contribution >= 4 is 57.8 Å². The molecule has 0 radical (unpaired) electrons. The molecule has 3 aromatic rings. The minimum absolute atomic E-state index is 0.504. The number of rotatable bonds is 6. The summed E-state index contributed by atoms with van der Waals surface area (Å²) >= 11 is 24.2. The van der Waals surface area contributed by atoms with Gasteiger partial charge in [0.15, 0.2) is 5.11 Å². The molecule has 30 heavy (non-hydrogen) atoms. The molecule has 160 valence electrons. The fraction of sp³-hybridized carbons (Fsp3) is 0.350. The minimum Gasteiger partial charge on any atom is -0.346 e. The highest BCUT2D eigenvalue weighted by molar-refractivity contribution is 7.80. The van der Waals surface area contributed by atoms with E-state index in [1.165, 1.54) is 0 Å². The van der Waals surface area contributed by atoms with Gasteiger partial charge in [0, 0.05) is 29.8 Å². The van der Waals surface area contributed by atoms with Gasteiger partial charge in [0.25, 0.3) is 0 Å². The number of hydrogen-bond donors (Lipinski definition) is 1. The third-order valence-corrected chi connectivity index (χ3v) is 6.11. The summed E-state index contributed by atoms with van der Waals surface area (Å²) in [5, 5.41) is 14.8. The number of aryl methyl sites for hydroxylation is 2. The highest BCUT2D eigenvalue weighted by Crippen LogP contribution is 2.25. The van der Waals surface area contributed by atoms with Crippen molar-refractivity contribution in [2.24, 2.45) is 0 Å². The molecule has 0 unspecified atom stereocenters. The van der Waals surface area contributed by atoms with Gasteiger partial charge in [-0.15, -0.1) is 0 Å². The summed E-state index contributed by atoms with van der Waals surface area (Å²) in [5.41, 5.74) is 4.41. The molecule has 1 N–H and O–H groups in total. The van der Waals surface area contributed by atoms with Gasteiger partial charge in [-0.25, -0.2) is 0 Å². The Kier molecular flexibility index (Phi) is 7.29. The summed E-state index contributed by atoms with van der Waals surface area (Å²) in [4.78, 5) is 1.90. The summed E-state index contributed by atoms with van der Waals surface area (Å²) in [6.45, 7) is 7.76. The Morgan fingerprint density at radius 2 is 1.90 bits per heavy atom. The fourth-order valence-electron chi connectivity index (χ4n) is 3.05. The van der Waals surface area contributed by atoms with Gasteiger partial charge >= 0.3 is 0 Å². The van der Waals surface area contributed by atoms with Gasteiger partial charge in [-0.3, -0.25) is 9.36 Å². The monoisotopic (exact) mass is 484 g/mol. The molecule has 0 bridgehead atoms. The molecule has 1 aromatic carbocycles. The van der Waals surface area contributed by atoms with Crippen LogP contribution in [0.15, 0.2) is 24.4 Å². The zero-order chi connectivity index (χ0) is 22.0. The van der Waals surface area contributed by atoms with Crippen LogP contribution in [0.5, 0.6) is 0 Å². The largest absolute Gasteiger partial charge is 0.346 e. The molecule has 2 aromatic heterocycles. The standard InChI is InChI=1S/C20H23Cl3N6S/c1-5-28-10-17(23)18(26-28)11-27(4)20(30)24-19-12(2)25-29(13(19)3)9-14-6-7-15(21)8-16(14)22/h6-8,10H,5,9,11H2,1-4H3,(H,24,30). The Morgan fingerprint density at radius 1 is 1.17 bits per heavy atom. The molecule has 0 aliphatic rings. The summed E-state index contributed by atoms with van der Waals surface area (Å²) < 4.78 is 3.71. The predicted octanol–water partition coefficient (Wildman–Crippen LogP) is 5.55. The van der Waals surface area contributed by atoms with E-state index < -0.39 is 0 Å². The summed E-state index contributed by atoms with van der Waals surface area (Å²) in [6.07, 6.45) is 1.82. The van der Waals surface area contributed by atoms with Crippen LogP contribution >= 0.6 is 47.0 Å². The molecule has 0 amide bonds. The molecular weight excluding hydrogens is 463 g/mol. The van der Waals surface area contributed by atoms with E-state index in [1.807, 2.05) is 60.4 Å². The highest BCUT2D eigenvalue weighted by Gasteiger charge is 2.17. The highest BCUT2D eigenvalue weighted by atomic mass is 35.5. The van der Waals surface area contributed by atoms with Crippen LogP contribution in [0.1, 0.15) is 29.6 Å². The number of anilines is 1. The normalized spacial score (nSPS) is 11.0. The molecule has 0 saturated carbocycles. The average molecular weight is 486 g/mol. The van der Waals surface area contributed by atoms with E-state index in [1.54, 1.807) is 6.07 Å². The van der Waals surface area contributed by atoms with Gasteiger partial charge in [-0.05, 0) is 50.7 Å². The lowest BCUT2D eigenvalue weighted by Gasteiger charge is -2.20. The molecule has 0 atom stereocenters. The molecule has 3 rings (SSSR count). The minimum atomic E-state index is 0.504. The van der Waals surface area contributed by atoms with E-state index >= 15 is 0 Å². The van der Waals surface area contributed by atoms with E-state index in [0.717, 1.165) is 34.9 Å². The SMILES string of the molecule is CCn1cc(Cl)c(CN(C)C(=S)Nc2c(C)nn(Cc3ccc(Cl)cc3Cl)c2C)n1. The number of nitrogens with one attached hydrogen (secondary N) is 1. The lowest BCUT2D eigenvalue weighted by Crippen LogP contribution is -2.31. The maximum absolute atomic E-state index is 6.32. The predicted molar refractivity (Wildman–Crippen MR) is 128 cm³/mol. The molecule has 0 aliphatic carbocycles. The molecule has 0 saturated heterocycles. The van der Waals surface area contributed by atoms with E-state index in [-0.39, 0.29) is 0 Å². The second-order valence-corrected chi connectivity index (χ2v) is 8.64. The number of halogens is 3. The van der Waals surface area contributed by atoms with Gasteiger partial charge < -0.3 is 10.2 Å². The number of benzene rings is 1. The molecule has 6 nitrogen and oxygen atoms in total. The van der Waals surface area contributed by atoms with Crippen molar-refractivity contribution in [2.75, 3.05) is 12.4 Å². The van der Waals surface area contributed by atoms with Crippen LogP contribution in [0.4, 0.5) is 5.69 Å². The van der Waals surface area contributed by atoms with Crippen LogP contribution in [-0.4, -0.2) is 36.6 Å². The second-order valence-electron chi connectivity index (χ2n) is 7.00. The van der Waals surface area contributed by atoms with Crippen LogP contribution < -0.4 is 5.32 Å². The lowest BCUT2D eigenvalue weighted by molar-refractivity contribution is 0.492. The number of nitrogens with zero attached hydrogens (tertiary/aromatic N) is 5. The Bertz CT molecular complexity index is 1070. The summed E-state index contributed by atoms with van der Waals surface area (Å²) in [7, 11) is 1.90. The van der Waals surface area contributed by atoms with E-state index in [0.29, 0.717) is 33.3 Å². The molecule has 2 heterocycles. The van der Waals surface area contributed by atoms with Crippen molar-refractivity contribution in [1.29, 1.82) is 0 Å². The quantitative estimate of drug-likeness (QED) is 0.464. The van der Waals surface area contributed by atoms with Crippen LogP contribution in [0.3, 0.4) is 0 Å². The molecule has 10 heteroatoms. The maximum atomic E-state index is 6.32. The third kappa shape index (κ3) is 5.09. The van der Waals surface area contributed by atoms with Gasteiger partial charge in [0.1, 0.15) is 5.69 Å². The Morgan fingerprint density at radius 3 is 2.53 bits per heavy atom. The zero-order valence-corrected chi connectivity index (χ0v) is 20.3. The molecular formula is C20H23Cl3N6S. The molecule has 0 fully saturated rings. The van der Waals surface area contributed by atoms with Crippen molar-refractivity contribution in [3.05, 3.63) is 62.1 Å². The van der Waals surface area contributed by atoms with Gasteiger partial charge in [0.05, 0.1) is 35.2 Å². The zero-order valence-electron chi connectivity index (χ0n) is 17.2. The van der Waals surface area contributed by atoms with Gasteiger partial charge in [0.2, 0.25) is 0 Å². The first-order valence-corrected chi connectivity index (χ1v) is 11.0. The van der Waals surface area contributed by atoms with Crippen molar-refractivity contribution in [1.82, 2.24) is 24.5 Å². The van der Waals surface area contributed by atoms with E-state index in [2.05, 4.69) is 15.5 Å². The number of hydrogen-bond acceptors (Lipinski definition) is 3. The van der Waals surface area contributed by atoms with Crippen molar-refractivity contribution < 1.29 is 0 Å². The second kappa shape index (κ2) is 9.56. The van der Waals surface area contributed by atoms with Gasteiger partial charge in [-0.1, -0.05) is 40.9 Å². The average Bonchev–Trinajstić information content (AvgIpc) is 3.17. The van der Waals surface area contributed by atoms with Crippen molar-refractivity contribution in [2.45, 2.75) is 40.4 Å². The maximum Gasteiger partial charge on any atom is 0.173 e. The summed E-state index contributed by atoms with van der Waals surface area (Å²) in [5.74, 6) is 0. The van der Waals surface area contributed by atoms with E-state index in [9.17, 15) is 0 Å². The van der Waals surface area contributed by atoms with E-state index in [4.69, 9.17) is 47.0 Å². The Balaban J connectivity index is 1.73. The number of aromatic nitrogens is 4. The topological polar surface area (TPSA) is 50.9 Å². The third-order valence-electron chi connectivity index (χ3n) is 4.79. The Labute approximate surface area is 196 Å². The smallest absolute Gasteiger partial charge is 0.173 e. The van der Waals surface area contributed by atoms with Crippen LogP contribution in [0.25, 0.3) is 0 Å². The van der Waals surface area contributed by atoms with Crippen molar-refractivity contribution in [3.8, 4) is 0 Å². The van der Waals surface area contributed by atoms with Crippen LogP contribution in [-0.2, 0) is 19.6 Å². The molecule has 0 spiro atoms. The first kappa shape index (κ1) is 22.9. The lowest BCUT2D eigenvalue weighted by atomic mass is 10.2. The fourth-order valence-corrected chi connectivity index (χ4v) is 3.89. The van der Waals surface area contributed by atoms with Crippen LogP contribution in [0, 0.1) is 13.8 Å². The van der Waals surface area contributed by atoms with Crippen LogP contribution in [0.2, 0.25) is 15.1 Å². The Hall–Kier alpha value is -1.80. The van der Waals surface area contributed by atoms with Gasteiger partial charge in [-0.2, -0.15) is 10.2 Å². The molecule has 0 aliphatic heterocycles.